The Morgan fingerprint density at radius 3 is 3.00 bits per heavy atom. The van der Waals surface area contributed by atoms with Gasteiger partial charge in [0.1, 0.15) is 0 Å². The summed E-state index contributed by atoms with van der Waals surface area (Å²) in [5.74, 6) is 0.533. The number of piperidine rings is 1. The molecule has 12 heavy (non-hydrogen) atoms. The summed E-state index contributed by atoms with van der Waals surface area (Å²) in [5.41, 5.74) is 0. The molecule has 1 amide bonds. The Bertz CT molecular complexity index is 161. The van der Waals surface area contributed by atoms with Crippen LogP contribution in [0, 0.1) is 5.92 Å². The minimum atomic E-state index is -0.337. The lowest BCUT2D eigenvalue weighted by Crippen LogP contribution is -2.50. The molecule has 1 aliphatic heterocycles. The first kappa shape index (κ1) is 9.32. The molecule has 0 aliphatic carbocycles. The third-order valence-corrected chi connectivity index (χ3v) is 2.32. The van der Waals surface area contributed by atoms with E-state index in [0.29, 0.717) is 5.92 Å². The highest BCUT2D eigenvalue weighted by molar-refractivity contribution is 5.67. The molecule has 0 aromatic rings. The number of amides is 1. The average molecular weight is 172 g/mol. The zero-order chi connectivity index (χ0) is 8.97. The Morgan fingerprint density at radius 1 is 1.67 bits per heavy atom. The number of nitrogens with one attached hydrogen (secondary N) is 2. The van der Waals surface area contributed by atoms with Gasteiger partial charge in [-0.05, 0) is 18.9 Å². The summed E-state index contributed by atoms with van der Waals surface area (Å²) in [7, 11) is 1.39. The number of carbonyl (C=O) groups excluding carboxylic acids is 1. The van der Waals surface area contributed by atoms with Crippen LogP contribution < -0.4 is 10.6 Å². The SMILES string of the molecule is COC(=O)N[C@@H]1CNCC[C@@H]1C. The van der Waals surface area contributed by atoms with Crippen molar-refractivity contribution in [3.05, 3.63) is 0 Å². The van der Waals surface area contributed by atoms with Crippen LogP contribution in [-0.4, -0.2) is 32.3 Å². The lowest BCUT2D eigenvalue weighted by molar-refractivity contribution is 0.158. The first-order valence-corrected chi connectivity index (χ1v) is 4.29. The molecule has 70 valence electrons. The standard InChI is InChI=1S/C8H16N2O2/c1-6-3-4-9-5-7(6)10-8(11)12-2/h6-7,9H,3-5H2,1-2H3,(H,10,11)/t6-,7+/m0/s1. The predicted octanol–water partition coefficient (Wildman–Crippen LogP) is 0.340. The highest BCUT2D eigenvalue weighted by Gasteiger charge is 2.22. The zero-order valence-electron chi connectivity index (χ0n) is 7.59. The van der Waals surface area contributed by atoms with Crippen molar-refractivity contribution < 1.29 is 9.53 Å². The van der Waals surface area contributed by atoms with Gasteiger partial charge in [0.2, 0.25) is 0 Å². The molecule has 2 N–H and O–H groups in total. The van der Waals surface area contributed by atoms with Crippen molar-refractivity contribution in [2.75, 3.05) is 20.2 Å². The fraction of sp³-hybridized carbons (Fsp3) is 0.875. The van der Waals surface area contributed by atoms with Crippen LogP contribution in [0.2, 0.25) is 0 Å². The van der Waals surface area contributed by atoms with Crippen molar-refractivity contribution in [1.29, 1.82) is 0 Å². The Hall–Kier alpha value is -0.770. The Morgan fingerprint density at radius 2 is 2.42 bits per heavy atom. The highest BCUT2D eigenvalue weighted by Crippen LogP contribution is 2.10. The van der Waals surface area contributed by atoms with Crippen molar-refractivity contribution in [1.82, 2.24) is 10.6 Å². The molecule has 4 nitrogen and oxygen atoms in total. The van der Waals surface area contributed by atoms with Gasteiger partial charge in [0.05, 0.1) is 7.11 Å². The van der Waals surface area contributed by atoms with Gasteiger partial charge in [-0.2, -0.15) is 0 Å². The quantitative estimate of drug-likeness (QED) is 0.599. The summed E-state index contributed by atoms with van der Waals surface area (Å²) < 4.78 is 4.52. The van der Waals surface area contributed by atoms with Crippen molar-refractivity contribution in [3.8, 4) is 0 Å². The van der Waals surface area contributed by atoms with E-state index in [4.69, 9.17) is 0 Å². The van der Waals surface area contributed by atoms with E-state index in [-0.39, 0.29) is 12.1 Å². The minimum Gasteiger partial charge on any atom is -0.453 e. The normalized spacial score (nSPS) is 29.5. The smallest absolute Gasteiger partial charge is 0.407 e. The fourth-order valence-corrected chi connectivity index (χ4v) is 1.39. The summed E-state index contributed by atoms with van der Waals surface area (Å²) in [5, 5.41) is 6.02. The molecule has 0 aromatic carbocycles. The van der Waals surface area contributed by atoms with E-state index < -0.39 is 0 Å². The molecule has 1 rings (SSSR count). The molecular formula is C8H16N2O2. The third kappa shape index (κ3) is 2.37. The summed E-state index contributed by atoms with van der Waals surface area (Å²) >= 11 is 0. The molecule has 1 fully saturated rings. The topological polar surface area (TPSA) is 50.4 Å². The van der Waals surface area contributed by atoms with Crippen LogP contribution in [0.1, 0.15) is 13.3 Å². The number of rotatable bonds is 1. The molecule has 1 aliphatic rings. The summed E-state index contributed by atoms with van der Waals surface area (Å²) in [6.45, 7) is 4.03. The number of carbonyl (C=O) groups is 1. The minimum absolute atomic E-state index is 0.214. The van der Waals surface area contributed by atoms with E-state index in [9.17, 15) is 4.79 Å². The van der Waals surface area contributed by atoms with Crippen LogP contribution >= 0.6 is 0 Å². The maximum absolute atomic E-state index is 10.9. The van der Waals surface area contributed by atoms with Crippen molar-refractivity contribution in [3.63, 3.8) is 0 Å². The largest absolute Gasteiger partial charge is 0.453 e. The van der Waals surface area contributed by atoms with E-state index in [1.807, 2.05) is 0 Å². The van der Waals surface area contributed by atoms with E-state index >= 15 is 0 Å². The van der Waals surface area contributed by atoms with Crippen LogP contribution in [0.4, 0.5) is 4.79 Å². The molecule has 0 unspecified atom stereocenters. The Balaban J connectivity index is 2.33. The molecule has 0 radical (unpaired) electrons. The summed E-state index contributed by atoms with van der Waals surface area (Å²) in [6.07, 6.45) is 0.768. The molecular weight excluding hydrogens is 156 g/mol. The zero-order valence-corrected chi connectivity index (χ0v) is 7.59. The van der Waals surface area contributed by atoms with Gasteiger partial charge in [0.25, 0.3) is 0 Å². The first-order valence-electron chi connectivity index (χ1n) is 4.29. The van der Waals surface area contributed by atoms with Gasteiger partial charge in [-0.25, -0.2) is 4.79 Å². The predicted molar refractivity (Wildman–Crippen MR) is 46.0 cm³/mol. The lowest BCUT2D eigenvalue weighted by atomic mass is 9.95. The highest BCUT2D eigenvalue weighted by atomic mass is 16.5. The maximum atomic E-state index is 10.9. The third-order valence-electron chi connectivity index (χ3n) is 2.32. The molecule has 0 spiro atoms. The average Bonchev–Trinajstić information content (AvgIpc) is 2.09. The van der Waals surface area contributed by atoms with Gasteiger partial charge in [-0.1, -0.05) is 6.92 Å². The van der Waals surface area contributed by atoms with E-state index in [2.05, 4.69) is 22.3 Å². The lowest BCUT2D eigenvalue weighted by Gasteiger charge is -2.29. The second-order valence-electron chi connectivity index (χ2n) is 3.21. The molecule has 0 bridgehead atoms. The van der Waals surface area contributed by atoms with Gasteiger partial charge in [0, 0.05) is 12.6 Å². The van der Waals surface area contributed by atoms with Gasteiger partial charge in [-0.3, -0.25) is 0 Å². The van der Waals surface area contributed by atoms with Crippen LogP contribution in [0.15, 0.2) is 0 Å². The monoisotopic (exact) mass is 172 g/mol. The molecule has 4 heteroatoms. The molecule has 0 aromatic heterocycles. The Kier molecular flexibility index (Phi) is 3.34. The van der Waals surface area contributed by atoms with Crippen molar-refractivity contribution in [2.45, 2.75) is 19.4 Å². The molecule has 1 heterocycles. The van der Waals surface area contributed by atoms with E-state index in [1.54, 1.807) is 0 Å². The number of alkyl carbamates (subject to hydrolysis) is 1. The van der Waals surface area contributed by atoms with Gasteiger partial charge in [-0.15, -0.1) is 0 Å². The number of hydrogen-bond acceptors (Lipinski definition) is 3. The summed E-state index contributed by atoms with van der Waals surface area (Å²) in [6, 6.07) is 0.214. The van der Waals surface area contributed by atoms with Crippen molar-refractivity contribution >= 4 is 6.09 Å². The number of methoxy groups -OCH3 is 1. The maximum Gasteiger partial charge on any atom is 0.407 e. The molecule has 2 atom stereocenters. The fourth-order valence-electron chi connectivity index (χ4n) is 1.39. The van der Waals surface area contributed by atoms with E-state index in [0.717, 1.165) is 19.5 Å². The van der Waals surface area contributed by atoms with Crippen LogP contribution in [-0.2, 0) is 4.74 Å². The molecule has 1 saturated heterocycles. The van der Waals surface area contributed by atoms with Crippen LogP contribution in [0.3, 0.4) is 0 Å². The van der Waals surface area contributed by atoms with Crippen LogP contribution in [0.25, 0.3) is 0 Å². The van der Waals surface area contributed by atoms with Gasteiger partial charge in [0.15, 0.2) is 0 Å². The van der Waals surface area contributed by atoms with Gasteiger partial charge < -0.3 is 15.4 Å². The van der Waals surface area contributed by atoms with Crippen molar-refractivity contribution in [2.24, 2.45) is 5.92 Å². The number of ether oxygens (including phenoxy) is 1. The second kappa shape index (κ2) is 4.30. The molecule has 0 saturated carbocycles. The Labute approximate surface area is 72.7 Å². The number of hydrogen-bond donors (Lipinski definition) is 2. The van der Waals surface area contributed by atoms with Crippen LogP contribution in [0.5, 0.6) is 0 Å². The first-order chi connectivity index (χ1) is 5.74. The second-order valence-corrected chi connectivity index (χ2v) is 3.21. The summed E-state index contributed by atoms with van der Waals surface area (Å²) in [4.78, 5) is 10.9. The van der Waals surface area contributed by atoms with E-state index in [1.165, 1.54) is 7.11 Å². The van der Waals surface area contributed by atoms with Gasteiger partial charge >= 0.3 is 6.09 Å².